The van der Waals surface area contributed by atoms with Gasteiger partial charge in [-0.15, -0.1) is 11.8 Å². The number of carbonyl (C=O) groups is 2. The van der Waals surface area contributed by atoms with Crippen LogP contribution in [0.5, 0.6) is 0 Å². The summed E-state index contributed by atoms with van der Waals surface area (Å²) >= 11 is 1.47. The Bertz CT molecular complexity index is 266. The number of amides is 1. The molecule has 1 N–H and O–H groups in total. The average Bonchev–Trinajstić information content (AvgIpc) is 2.25. The monoisotopic (exact) mass is 261 g/mol. The van der Waals surface area contributed by atoms with Gasteiger partial charge in [-0.25, -0.2) is 0 Å². The highest BCUT2D eigenvalue weighted by Crippen LogP contribution is 2.15. The van der Waals surface area contributed by atoms with E-state index >= 15 is 0 Å². The van der Waals surface area contributed by atoms with Gasteiger partial charge < -0.3 is 10.1 Å². The lowest BCUT2D eigenvalue weighted by Gasteiger charge is -2.24. The van der Waals surface area contributed by atoms with Crippen molar-refractivity contribution in [2.45, 2.75) is 51.3 Å². The van der Waals surface area contributed by atoms with Crippen LogP contribution in [0.4, 0.5) is 0 Å². The molecule has 1 atom stereocenters. The van der Waals surface area contributed by atoms with E-state index in [-0.39, 0.29) is 22.7 Å². The van der Waals surface area contributed by atoms with E-state index in [9.17, 15) is 9.59 Å². The van der Waals surface area contributed by atoms with Crippen LogP contribution in [-0.4, -0.2) is 35.5 Å². The Labute approximate surface area is 108 Å². The number of nitrogens with one attached hydrogen (secondary N) is 1. The van der Waals surface area contributed by atoms with E-state index in [1.165, 1.54) is 18.9 Å². The zero-order chi connectivity index (χ0) is 13.5. The Balaban J connectivity index is 3.88. The molecule has 0 radical (unpaired) electrons. The van der Waals surface area contributed by atoms with Gasteiger partial charge in [-0.1, -0.05) is 13.8 Å². The van der Waals surface area contributed by atoms with Crippen molar-refractivity contribution in [1.82, 2.24) is 5.32 Å². The first-order chi connectivity index (χ1) is 7.80. The van der Waals surface area contributed by atoms with Crippen molar-refractivity contribution in [3.63, 3.8) is 0 Å². The molecule has 0 fully saturated rings. The van der Waals surface area contributed by atoms with Crippen LogP contribution in [-0.2, 0) is 14.3 Å². The summed E-state index contributed by atoms with van der Waals surface area (Å²) in [5.41, 5.74) is -0.163. The maximum atomic E-state index is 11.6. The number of methoxy groups -OCH3 is 1. The van der Waals surface area contributed by atoms with Crippen LogP contribution in [0.1, 0.15) is 40.5 Å². The quantitative estimate of drug-likeness (QED) is 0.712. The molecule has 17 heavy (non-hydrogen) atoms. The number of thioether (sulfide) groups is 1. The smallest absolute Gasteiger partial charge is 0.306 e. The minimum atomic E-state index is -0.237. The van der Waals surface area contributed by atoms with Crippen molar-refractivity contribution in [2.24, 2.45) is 0 Å². The third-order valence-electron chi connectivity index (χ3n) is 2.54. The van der Waals surface area contributed by atoms with Crippen LogP contribution in [0.15, 0.2) is 0 Å². The van der Waals surface area contributed by atoms with Gasteiger partial charge in [0.2, 0.25) is 5.91 Å². The molecule has 5 heteroatoms. The molecule has 0 aromatic heterocycles. The molecule has 0 aliphatic heterocycles. The van der Waals surface area contributed by atoms with Crippen LogP contribution < -0.4 is 5.32 Å². The van der Waals surface area contributed by atoms with E-state index in [2.05, 4.69) is 10.1 Å². The van der Waals surface area contributed by atoms with Crippen LogP contribution in [0.2, 0.25) is 0 Å². The highest BCUT2D eigenvalue weighted by atomic mass is 32.2. The Morgan fingerprint density at radius 3 is 2.47 bits per heavy atom. The zero-order valence-electron chi connectivity index (χ0n) is 11.3. The number of esters is 1. The van der Waals surface area contributed by atoms with Gasteiger partial charge in [0.15, 0.2) is 0 Å². The Hall–Kier alpha value is -0.710. The van der Waals surface area contributed by atoms with Gasteiger partial charge in [-0.05, 0) is 20.3 Å². The van der Waals surface area contributed by atoms with Gasteiger partial charge in [0.25, 0.3) is 0 Å². The summed E-state index contributed by atoms with van der Waals surface area (Å²) in [4.78, 5) is 22.6. The number of rotatable bonds is 7. The molecule has 0 saturated carbocycles. The molecular formula is C12H23NO3S. The standard InChI is InChI=1S/C12H23NO3S/c1-6-12(3,4)13-10(14)8-17-9(2)7-11(15)16-5/h9H,6-8H2,1-5H3,(H,13,14). The second-order valence-electron chi connectivity index (χ2n) is 4.69. The molecule has 1 unspecified atom stereocenters. The van der Waals surface area contributed by atoms with Crippen molar-refractivity contribution < 1.29 is 14.3 Å². The van der Waals surface area contributed by atoms with E-state index in [1.807, 2.05) is 27.7 Å². The van der Waals surface area contributed by atoms with E-state index in [4.69, 9.17) is 0 Å². The molecule has 0 aromatic carbocycles. The third-order valence-corrected chi connectivity index (χ3v) is 3.71. The van der Waals surface area contributed by atoms with Crippen molar-refractivity contribution in [3.05, 3.63) is 0 Å². The number of hydrogen-bond acceptors (Lipinski definition) is 4. The Kier molecular flexibility index (Phi) is 7.27. The summed E-state index contributed by atoms with van der Waals surface area (Å²) in [7, 11) is 1.37. The van der Waals surface area contributed by atoms with Gasteiger partial charge in [0.1, 0.15) is 0 Å². The molecule has 0 spiro atoms. The second-order valence-corrected chi connectivity index (χ2v) is 6.11. The fourth-order valence-electron chi connectivity index (χ4n) is 1.10. The Morgan fingerprint density at radius 2 is 2.00 bits per heavy atom. The fraction of sp³-hybridized carbons (Fsp3) is 0.833. The largest absolute Gasteiger partial charge is 0.469 e. The lowest BCUT2D eigenvalue weighted by Crippen LogP contribution is -2.43. The van der Waals surface area contributed by atoms with Crippen molar-refractivity contribution in [2.75, 3.05) is 12.9 Å². The molecule has 4 nitrogen and oxygen atoms in total. The predicted molar refractivity (Wildman–Crippen MR) is 71.1 cm³/mol. The highest BCUT2D eigenvalue weighted by Gasteiger charge is 2.18. The molecule has 0 aromatic rings. The van der Waals surface area contributed by atoms with Gasteiger partial charge in [0, 0.05) is 10.8 Å². The van der Waals surface area contributed by atoms with Crippen molar-refractivity contribution >= 4 is 23.6 Å². The number of hydrogen-bond donors (Lipinski definition) is 1. The molecule has 0 aliphatic carbocycles. The first-order valence-electron chi connectivity index (χ1n) is 5.80. The second kappa shape index (κ2) is 7.58. The first kappa shape index (κ1) is 16.3. The topological polar surface area (TPSA) is 55.4 Å². The minimum Gasteiger partial charge on any atom is -0.469 e. The lowest BCUT2D eigenvalue weighted by atomic mass is 10.0. The zero-order valence-corrected chi connectivity index (χ0v) is 12.1. The van der Waals surface area contributed by atoms with Gasteiger partial charge >= 0.3 is 5.97 Å². The van der Waals surface area contributed by atoms with Gasteiger partial charge in [-0.3, -0.25) is 9.59 Å². The van der Waals surface area contributed by atoms with Crippen LogP contribution in [0.3, 0.4) is 0 Å². The van der Waals surface area contributed by atoms with Crippen LogP contribution >= 0.6 is 11.8 Å². The first-order valence-corrected chi connectivity index (χ1v) is 6.85. The van der Waals surface area contributed by atoms with E-state index in [0.717, 1.165) is 6.42 Å². The van der Waals surface area contributed by atoms with Crippen LogP contribution in [0.25, 0.3) is 0 Å². The molecule has 1 amide bonds. The van der Waals surface area contributed by atoms with E-state index < -0.39 is 0 Å². The number of carbonyl (C=O) groups excluding carboxylic acids is 2. The number of ether oxygens (including phenoxy) is 1. The average molecular weight is 261 g/mol. The molecule has 0 heterocycles. The van der Waals surface area contributed by atoms with Crippen molar-refractivity contribution in [1.29, 1.82) is 0 Å². The molecule has 100 valence electrons. The van der Waals surface area contributed by atoms with Crippen LogP contribution in [0, 0.1) is 0 Å². The summed E-state index contributed by atoms with van der Waals surface area (Å²) in [6, 6.07) is 0. The van der Waals surface area contributed by atoms with Gasteiger partial charge in [-0.2, -0.15) is 0 Å². The minimum absolute atomic E-state index is 0.0126. The summed E-state index contributed by atoms with van der Waals surface area (Å²) in [6.07, 6.45) is 1.23. The molecule has 0 bridgehead atoms. The third kappa shape index (κ3) is 8.07. The summed E-state index contributed by atoms with van der Waals surface area (Å²) in [6.45, 7) is 7.94. The molecule has 0 saturated heterocycles. The Morgan fingerprint density at radius 1 is 1.41 bits per heavy atom. The van der Waals surface area contributed by atoms with E-state index in [0.29, 0.717) is 12.2 Å². The predicted octanol–water partition coefficient (Wildman–Crippen LogP) is 1.98. The van der Waals surface area contributed by atoms with E-state index in [1.54, 1.807) is 0 Å². The highest BCUT2D eigenvalue weighted by molar-refractivity contribution is 8.00. The normalized spacial score (nSPS) is 13.0. The molecule has 0 rings (SSSR count). The molecule has 0 aliphatic rings. The fourth-order valence-corrected chi connectivity index (χ4v) is 1.86. The summed E-state index contributed by atoms with van der Waals surface area (Å²) in [5, 5.41) is 3.05. The van der Waals surface area contributed by atoms with Gasteiger partial charge in [0.05, 0.1) is 19.3 Å². The van der Waals surface area contributed by atoms with Crippen molar-refractivity contribution in [3.8, 4) is 0 Å². The lowest BCUT2D eigenvalue weighted by molar-refractivity contribution is -0.140. The summed E-state index contributed by atoms with van der Waals surface area (Å²) < 4.78 is 4.57. The maximum absolute atomic E-state index is 11.6. The SMILES string of the molecule is CCC(C)(C)NC(=O)CSC(C)CC(=O)OC. The maximum Gasteiger partial charge on any atom is 0.306 e. The summed E-state index contributed by atoms with van der Waals surface area (Å²) in [5.74, 6) is 0.152. The molecular weight excluding hydrogens is 238 g/mol.